The van der Waals surface area contributed by atoms with Gasteiger partial charge in [0.25, 0.3) is 5.91 Å². The van der Waals surface area contributed by atoms with Crippen LogP contribution in [0.1, 0.15) is 21.8 Å². The molecule has 1 aromatic carbocycles. The van der Waals surface area contributed by atoms with Crippen molar-refractivity contribution in [1.29, 1.82) is 5.26 Å². The summed E-state index contributed by atoms with van der Waals surface area (Å²) >= 11 is 13.7. The van der Waals surface area contributed by atoms with Crippen LogP contribution in [0.5, 0.6) is 0 Å². The lowest BCUT2D eigenvalue weighted by Crippen LogP contribution is -2.23. The van der Waals surface area contributed by atoms with Crippen molar-refractivity contribution in [1.82, 2.24) is 9.88 Å². The highest BCUT2D eigenvalue weighted by Gasteiger charge is 2.14. The second-order valence-electron chi connectivity index (χ2n) is 6.19. The molecule has 0 aliphatic rings. The lowest BCUT2D eigenvalue weighted by molar-refractivity contribution is -0.117. The molecule has 142 valence electrons. The van der Waals surface area contributed by atoms with Crippen LogP contribution in [0.3, 0.4) is 0 Å². The summed E-state index contributed by atoms with van der Waals surface area (Å²) in [4.78, 5) is 13.4. The number of nitrogens with one attached hydrogen (secondary N) is 1. The second-order valence-corrected chi connectivity index (χ2v) is 8.04. The third-order valence-electron chi connectivity index (χ3n) is 4.30. The molecule has 0 aliphatic carbocycles. The standard InChI is InChI=1S/C21H17Cl2N3OS/c1-13-8-15(14(2)26(13)17-5-6-19(22)20(23)10-17)9-16(11-24)21(27)25-12-18-4-3-7-28-18/h3-10H,12H2,1-2H3,(H,25,27)/b16-9+. The van der Waals surface area contributed by atoms with Gasteiger partial charge in [-0.3, -0.25) is 4.79 Å². The summed E-state index contributed by atoms with van der Waals surface area (Å²) < 4.78 is 2.01. The maximum absolute atomic E-state index is 12.4. The Morgan fingerprint density at radius 2 is 2.04 bits per heavy atom. The molecule has 0 atom stereocenters. The molecule has 4 nitrogen and oxygen atoms in total. The monoisotopic (exact) mass is 429 g/mol. The Labute approximate surface area is 177 Å². The van der Waals surface area contributed by atoms with Gasteiger partial charge in [-0.2, -0.15) is 5.26 Å². The first kappa shape index (κ1) is 20.2. The van der Waals surface area contributed by atoms with Gasteiger partial charge in [-0.15, -0.1) is 11.3 Å². The van der Waals surface area contributed by atoms with E-state index < -0.39 is 5.91 Å². The van der Waals surface area contributed by atoms with Gasteiger partial charge in [-0.05, 0) is 61.2 Å². The predicted octanol–water partition coefficient (Wildman–Crippen LogP) is 5.69. The molecule has 28 heavy (non-hydrogen) atoms. The number of carbonyl (C=O) groups excluding carboxylic acids is 1. The fourth-order valence-corrected chi connectivity index (χ4v) is 3.87. The third-order valence-corrected chi connectivity index (χ3v) is 5.92. The Morgan fingerprint density at radius 1 is 1.25 bits per heavy atom. The Hall–Kier alpha value is -2.52. The second kappa shape index (κ2) is 8.66. The zero-order valence-electron chi connectivity index (χ0n) is 15.3. The van der Waals surface area contributed by atoms with Crippen molar-refractivity contribution >= 4 is 46.5 Å². The highest BCUT2D eigenvalue weighted by molar-refractivity contribution is 7.09. The van der Waals surface area contributed by atoms with Crippen molar-refractivity contribution in [3.05, 3.63) is 79.2 Å². The molecule has 7 heteroatoms. The van der Waals surface area contributed by atoms with Crippen LogP contribution < -0.4 is 5.32 Å². The molecule has 0 saturated carbocycles. The highest BCUT2D eigenvalue weighted by Crippen LogP contribution is 2.28. The summed E-state index contributed by atoms with van der Waals surface area (Å²) in [5.41, 5.74) is 3.58. The van der Waals surface area contributed by atoms with Gasteiger partial charge in [0.2, 0.25) is 0 Å². The molecule has 2 aromatic heterocycles. The smallest absolute Gasteiger partial charge is 0.262 e. The molecule has 0 radical (unpaired) electrons. The lowest BCUT2D eigenvalue weighted by atomic mass is 10.1. The van der Waals surface area contributed by atoms with Gasteiger partial charge in [-0.1, -0.05) is 29.3 Å². The Bertz CT molecular complexity index is 1090. The first-order chi connectivity index (χ1) is 13.4. The maximum Gasteiger partial charge on any atom is 0.262 e. The zero-order chi connectivity index (χ0) is 20.3. The zero-order valence-corrected chi connectivity index (χ0v) is 17.6. The molecule has 0 saturated heterocycles. The quantitative estimate of drug-likeness (QED) is 0.418. The number of aryl methyl sites for hydroxylation is 1. The van der Waals surface area contributed by atoms with E-state index in [1.54, 1.807) is 29.5 Å². The first-order valence-electron chi connectivity index (χ1n) is 8.47. The van der Waals surface area contributed by atoms with E-state index in [1.165, 1.54) is 0 Å². The van der Waals surface area contributed by atoms with Crippen LogP contribution in [0.2, 0.25) is 10.0 Å². The summed E-state index contributed by atoms with van der Waals surface area (Å²) in [5, 5.41) is 15.1. The van der Waals surface area contributed by atoms with E-state index in [9.17, 15) is 10.1 Å². The summed E-state index contributed by atoms with van der Waals surface area (Å²) in [7, 11) is 0. The predicted molar refractivity (Wildman–Crippen MR) is 115 cm³/mol. The number of thiophene rings is 1. The van der Waals surface area contributed by atoms with Crippen LogP contribution in [-0.4, -0.2) is 10.5 Å². The van der Waals surface area contributed by atoms with Gasteiger partial charge in [0.05, 0.1) is 16.6 Å². The van der Waals surface area contributed by atoms with Gasteiger partial charge >= 0.3 is 0 Å². The average molecular weight is 430 g/mol. The molecule has 0 fully saturated rings. The fourth-order valence-electron chi connectivity index (χ4n) is 2.94. The van der Waals surface area contributed by atoms with E-state index in [-0.39, 0.29) is 5.57 Å². The van der Waals surface area contributed by atoms with Crippen LogP contribution in [-0.2, 0) is 11.3 Å². The van der Waals surface area contributed by atoms with E-state index >= 15 is 0 Å². The molecule has 0 unspecified atom stereocenters. The number of carbonyl (C=O) groups is 1. The fraction of sp³-hybridized carbons (Fsp3) is 0.143. The number of amides is 1. The molecule has 3 aromatic rings. The van der Waals surface area contributed by atoms with Gasteiger partial charge in [0.1, 0.15) is 11.6 Å². The normalized spacial score (nSPS) is 11.3. The molecule has 2 heterocycles. The molecule has 0 spiro atoms. The van der Waals surface area contributed by atoms with E-state index in [0.29, 0.717) is 16.6 Å². The van der Waals surface area contributed by atoms with Gasteiger partial charge in [-0.25, -0.2) is 0 Å². The summed E-state index contributed by atoms with van der Waals surface area (Å²) in [6, 6.07) is 13.2. The van der Waals surface area contributed by atoms with Gasteiger partial charge in [0.15, 0.2) is 0 Å². The number of benzene rings is 1. The Kier molecular flexibility index (Phi) is 6.25. The minimum Gasteiger partial charge on any atom is -0.347 e. The first-order valence-corrected chi connectivity index (χ1v) is 10.1. The van der Waals surface area contributed by atoms with Crippen LogP contribution in [0.25, 0.3) is 11.8 Å². The molecule has 0 bridgehead atoms. The number of rotatable bonds is 5. The van der Waals surface area contributed by atoms with Crippen molar-refractivity contribution < 1.29 is 4.79 Å². The highest BCUT2D eigenvalue weighted by atomic mass is 35.5. The summed E-state index contributed by atoms with van der Waals surface area (Å²) in [6.45, 7) is 4.29. The number of nitriles is 1. The number of nitrogens with zero attached hydrogens (tertiary/aromatic N) is 2. The largest absolute Gasteiger partial charge is 0.347 e. The van der Waals surface area contributed by atoms with Crippen molar-refractivity contribution in [2.45, 2.75) is 20.4 Å². The van der Waals surface area contributed by atoms with E-state index in [4.69, 9.17) is 23.2 Å². The lowest BCUT2D eigenvalue weighted by Gasteiger charge is -2.10. The molecule has 1 N–H and O–H groups in total. The van der Waals surface area contributed by atoms with E-state index in [1.807, 2.05) is 54.1 Å². The summed E-state index contributed by atoms with van der Waals surface area (Å²) in [5.74, 6) is -0.393. The topological polar surface area (TPSA) is 57.8 Å². The van der Waals surface area contributed by atoms with Crippen LogP contribution in [0, 0.1) is 25.2 Å². The van der Waals surface area contributed by atoms with Crippen molar-refractivity contribution in [3.63, 3.8) is 0 Å². The minimum absolute atomic E-state index is 0.0611. The SMILES string of the molecule is Cc1cc(/C=C(\C#N)C(=O)NCc2cccs2)c(C)n1-c1ccc(Cl)c(Cl)c1. The minimum atomic E-state index is -0.393. The third kappa shape index (κ3) is 4.31. The number of aromatic nitrogens is 1. The van der Waals surface area contributed by atoms with Gasteiger partial charge < -0.3 is 9.88 Å². The average Bonchev–Trinajstić information content (AvgIpc) is 3.28. The van der Waals surface area contributed by atoms with Crippen LogP contribution in [0.4, 0.5) is 0 Å². The Morgan fingerprint density at radius 3 is 2.68 bits per heavy atom. The van der Waals surface area contributed by atoms with Gasteiger partial charge in [0, 0.05) is 22.0 Å². The maximum atomic E-state index is 12.4. The molecule has 1 amide bonds. The molecular formula is C21H17Cl2N3OS. The molecule has 3 rings (SSSR count). The number of hydrogen-bond donors (Lipinski definition) is 1. The van der Waals surface area contributed by atoms with Crippen molar-refractivity contribution in [2.24, 2.45) is 0 Å². The van der Waals surface area contributed by atoms with Crippen LogP contribution >= 0.6 is 34.5 Å². The van der Waals surface area contributed by atoms with Crippen LogP contribution in [0.15, 0.2) is 47.4 Å². The van der Waals surface area contributed by atoms with Crippen molar-refractivity contribution in [3.8, 4) is 11.8 Å². The Balaban J connectivity index is 1.89. The van der Waals surface area contributed by atoms with Crippen molar-refractivity contribution in [2.75, 3.05) is 0 Å². The number of halogens is 2. The number of hydrogen-bond acceptors (Lipinski definition) is 3. The molecular weight excluding hydrogens is 413 g/mol. The van der Waals surface area contributed by atoms with E-state index in [2.05, 4.69) is 5.32 Å². The summed E-state index contributed by atoms with van der Waals surface area (Å²) in [6.07, 6.45) is 1.61. The molecule has 0 aliphatic heterocycles. The van der Waals surface area contributed by atoms with E-state index in [0.717, 1.165) is 27.5 Å².